The summed E-state index contributed by atoms with van der Waals surface area (Å²) in [6.07, 6.45) is 2.04. The SMILES string of the molecule is CC(C)c1cc(C(C)(C)C)cc(C(C)C)c1-n1c(-c2[c-]ccc3c2sc2nc4ccc(F)cc4cc23)nc2ccccc21.[CH3][Ge]([CH3])([CH3])[c]1ccc(-c2[c-]cccc2)nc1.[Ir]. The largest absolute Gasteiger partial charge is 0 e. The molecular formula is C52H51FGeIrN4S-2. The van der Waals surface area contributed by atoms with Crippen LogP contribution in [-0.4, -0.2) is 32.8 Å². The molecule has 0 spiro atoms. The second-order valence-corrected chi connectivity index (χ2v) is 29.8. The number of aromatic nitrogens is 4. The van der Waals surface area contributed by atoms with Crippen LogP contribution in [0.3, 0.4) is 0 Å². The first-order valence-corrected chi connectivity index (χ1v) is 28.7. The van der Waals surface area contributed by atoms with E-state index in [0.29, 0.717) is 11.8 Å². The monoisotopic (exact) mass is 1050 g/mol. The van der Waals surface area contributed by atoms with Crippen molar-refractivity contribution in [3.8, 4) is 28.3 Å². The van der Waals surface area contributed by atoms with Crippen LogP contribution >= 0.6 is 11.3 Å². The predicted octanol–water partition coefficient (Wildman–Crippen LogP) is 14.2. The minimum atomic E-state index is -1.72. The Hall–Kier alpha value is -4.53. The molecule has 9 aromatic rings. The summed E-state index contributed by atoms with van der Waals surface area (Å²) in [5.41, 5.74) is 11.1. The number of halogens is 1. The van der Waals surface area contributed by atoms with Gasteiger partial charge in [-0.15, -0.1) is 18.2 Å². The van der Waals surface area contributed by atoms with Crippen LogP contribution in [-0.2, 0) is 25.5 Å². The third-order valence-electron chi connectivity index (χ3n) is 11.1. The average Bonchev–Trinajstić information content (AvgIpc) is 3.77. The number of rotatable bonds is 6. The van der Waals surface area contributed by atoms with Crippen molar-refractivity contribution in [3.63, 3.8) is 0 Å². The minimum Gasteiger partial charge on any atom is 0 e. The van der Waals surface area contributed by atoms with E-state index in [1.807, 2.05) is 36.5 Å². The Kier molecular flexibility index (Phi) is 12.4. The maximum absolute atomic E-state index is 14.1. The molecule has 4 nitrogen and oxygen atoms in total. The molecule has 4 heterocycles. The van der Waals surface area contributed by atoms with Crippen molar-refractivity contribution in [2.45, 2.75) is 83.0 Å². The molecule has 4 aromatic heterocycles. The molecule has 0 bridgehead atoms. The number of hydrogen-bond donors (Lipinski definition) is 0. The number of imidazole rings is 1. The summed E-state index contributed by atoms with van der Waals surface area (Å²) in [5, 5.41) is 2.91. The predicted molar refractivity (Wildman–Crippen MR) is 252 cm³/mol. The van der Waals surface area contributed by atoms with Crippen LogP contribution in [0.25, 0.3) is 70.6 Å². The first-order chi connectivity index (χ1) is 28.1. The van der Waals surface area contributed by atoms with Crippen molar-refractivity contribution < 1.29 is 24.5 Å². The Morgan fingerprint density at radius 3 is 2.08 bits per heavy atom. The van der Waals surface area contributed by atoms with E-state index in [4.69, 9.17) is 9.97 Å². The van der Waals surface area contributed by atoms with Crippen LogP contribution in [0.15, 0.2) is 115 Å². The Balaban J connectivity index is 0.000000270. The summed E-state index contributed by atoms with van der Waals surface area (Å²) < 4.78 is 19.0. The standard InChI is InChI=1S/C38H35FN3S.C14H16GeN.Ir/c1-21(2)28-19-24(38(5,6)7)20-29(22(3)4)34(28)42-33-14-9-8-13-32(33)40-36(42)27-12-10-11-26-30-18-23-17-25(39)15-16-31(23)41-37(30)43-35(26)27;1-15(2,3)13-9-10-14(16-11-13)12-7-5-4-6-8-12;/h8-11,13-22H,1-7H3;4-7,9-11H,1-3H3;/q2*-1;. The summed E-state index contributed by atoms with van der Waals surface area (Å²) in [6, 6.07) is 43.2. The number of hydrogen-bond acceptors (Lipinski definition) is 4. The Morgan fingerprint density at radius 1 is 0.733 bits per heavy atom. The molecule has 1 radical (unpaired) electrons. The second kappa shape index (κ2) is 17.1. The molecule has 0 aliphatic rings. The third-order valence-corrected chi connectivity index (χ3v) is 16.5. The van der Waals surface area contributed by atoms with E-state index in [1.54, 1.807) is 23.5 Å². The van der Waals surface area contributed by atoms with Crippen molar-refractivity contribution in [2.75, 3.05) is 0 Å². The Bertz CT molecular complexity index is 2940. The normalized spacial score (nSPS) is 12.1. The smallest absolute Gasteiger partial charge is 0 e. The zero-order valence-corrected chi connectivity index (χ0v) is 41.3. The van der Waals surface area contributed by atoms with Crippen LogP contribution in [0.1, 0.15) is 77.0 Å². The van der Waals surface area contributed by atoms with Gasteiger partial charge in [0.2, 0.25) is 0 Å². The minimum absolute atomic E-state index is 0. The summed E-state index contributed by atoms with van der Waals surface area (Å²) in [7, 11) is 0. The Morgan fingerprint density at radius 2 is 1.45 bits per heavy atom. The molecule has 0 saturated carbocycles. The second-order valence-electron chi connectivity index (χ2n) is 18.2. The van der Waals surface area contributed by atoms with Crippen LogP contribution in [0, 0.1) is 17.9 Å². The summed E-state index contributed by atoms with van der Waals surface area (Å²) in [4.78, 5) is 15.7. The van der Waals surface area contributed by atoms with Gasteiger partial charge in [0.05, 0.1) is 22.4 Å². The van der Waals surface area contributed by atoms with Gasteiger partial charge in [-0.25, -0.2) is 9.37 Å². The van der Waals surface area contributed by atoms with Gasteiger partial charge < -0.3 is 4.57 Å². The summed E-state index contributed by atoms with van der Waals surface area (Å²) in [6.45, 7) is 16.0. The zero-order chi connectivity index (χ0) is 41.8. The first-order valence-electron chi connectivity index (χ1n) is 20.5. The van der Waals surface area contributed by atoms with Crippen LogP contribution < -0.4 is 4.40 Å². The topological polar surface area (TPSA) is 43.6 Å². The van der Waals surface area contributed by atoms with E-state index in [2.05, 4.69) is 148 Å². The number of nitrogens with zero attached hydrogens (tertiary/aromatic N) is 4. The van der Waals surface area contributed by atoms with E-state index in [0.717, 1.165) is 64.9 Å². The van der Waals surface area contributed by atoms with E-state index in [-0.39, 0.29) is 31.3 Å². The molecule has 0 saturated heterocycles. The van der Waals surface area contributed by atoms with Gasteiger partial charge in [0.25, 0.3) is 0 Å². The van der Waals surface area contributed by atoms with Crippen LogP contribution in [0.5, 0.6) is 0 Å². The van der Waals surface area contributed by atoms with Crippen molar-refractivity contribution >= 4 is 71.2 Å². The first kappa shape index (κ1) is 43.6. The van der Waals surface area contributed by atoms with Gasteiger partial charge in [-0.3, -0.25) is 4.98 Å². The summed E-state index contributed by atoms with van der Waals surface area (Å²) >= 11 is -0.0626. The molecule has 0 fully saturated rings. The van der Waals surface area contributed by atoms with Crippen molar-refractivity contribution in [3.05, 3.63) is 150 Å². The molecule has 0 N–H and O–H groups in total. The fraction of sp³-hybridized carbons (Fsp3) is 0.250. The maximum Gasteiger partial charge on any atom is 0 e. The third kappa shape index (κ3) is 8.52. The molecule has 0 aliphatic carbocycles. The molecule has 307 valence electrons. The number of fused-ring (bicyclic) bond motifs is 5. The van der Waals surface area contributed by atoms with Gasteiger partial charge in [0.1, 0.15) is 10.6 Å². The fourth-order valence-corrected chi connectivity index (χ4v) is 11.0. The van der Waals surface area contributed by atoms with E-state index in [1.165, 1.54) is 32.8 Å². The van der Waals surface area contributed by atoms with Crippen molar-refractivity contribution in [1.82, 2.24) is 19.5 Å². The number of pyridine rings is 2. The maximum atomic E-state index is 14.1. The molecule has 0 unspecified atom stereocenters. The van der Waals surface area contributed by atoms with E-state index < -0.39 is 13.3 Å². The van der Waals surface area contributed by atoms with Gasteiger partial charge >= 0.3 is 99.8 Å². The number of benzene rings is 5. The number of para-hydroxylation sites is 2. The summed E-state index contributed by atoms with van der Waals surface area (Å²) in [5.74, 6) is 8.38. The molecule has 0 aliphatic heterocycles. The molecule has 9 rings (SSSR count). The van der Waals surface area contributed by atoms with Crippen LogP contribution in [0.2, 0.25) is 17.3 Å². The van der Waals surface area contributed by atoms with Crippen molar-refractivity contribution in [2.24, 2.45) is 0 Å². The van der Waals surface area contributed by atoms with Gasteiger partial charge in [0, 0.05) is 36.6 Å². The van der Waals surface area contributed by atoms with Gasteiger partial charge in [-0.05, 0) is 75.0 Å². The quantitative estimate of drug-likeness (QED) is 0.123. The van der Waals surface area contributed by atoms with E-state index in [9.17, 15) is 4.39 Å². The molecule has 8 heteroatoms. The molecule has 0 amide bonds. The number of thiophene rings is 1. The molecule has 0 atom stereocenters. The molecule has 60 heavy (non-hydrogen) atoms. The van der Waals surface area contributed by atoms with Crippen molar-refractivity contribution in [1.29, 1.82) is 0 Å². The van der Waals surface area contributed by atoms with Gasteiger partial charge in [-0.1, -0.05) is 83.7 Å². The molecular weight excluding hydrogens is 996 g/mol. The van der Waals surface area contributed by atoms with Gasteiger partial charge in [-0.2, -0.15) is 11.3 Å². The van der Waals surface area contributed by atoms with E-state index >= 15 is 0 Å². The van der Waals surface area contributed by atoms with Gasteiger partial charge in [0.15, 0.2) is 0 Å². The Labute approximate surface area is 374 Å². The van der Waals surface area contributed by atoms with Crippen LogP contribution in [0.4, 0.5) is 4.39 Å². The fourth-order valence-electron chi connectivity index (χ4n) is 7.69. The zero-order valence-electron chi connectivity index (χ0n) is 36.0. The average molecular weight is 1050 g/mol. The molecule has 5 aromatic carbocycles.